The Bertz CT molecular complexity index is 214. The minimum Gasteiger partial charge on any atom is -0.478 e. The van der Waals surface area contributed by atoms with E-state index < -0.39 is 5.97 Å². The van der Waals surface area contributed by atoms with Gasteiger partial charge in [0.05, 0.1) is 6.61 Å². The molecule has 1 N–H and O–H groups in total. The van der Waals surface area contributed by atoms with Crippen molar-refractivity contribution in [2.75, 3.05) is 6.61 Å². The van der Waals surface area contributed by atoms with Crippen molar-refractivity contribution in [2.24, 2.45) is 0 Å². The average Bonchev–Trinajstić information content (AvgIpc) is 2.67. The fourth-order valence-corrected chi connectivity index (χ4v) is 0.634. The van der Waals surface area contributed by atoms with E-state index in [9.17, 15) is 9.59 Å². The molecule has 11 heavy (non-hydrogen) atoms. The Morgan fingerprint density at radius 1 is 1.64 bits per heavy atom. The molecule has 1 heterocycles. The van der Waals surface area contributed by atoms with Crippen LogP contribution in [0.5, 0.6) is 0 Å². The Balaban J connectivity index is 2.34. The monoisotopic (exact) mass is 156 g/mol. The molecule has 0 spiro atoms. The number of Topliss-reactive ketones (excluding diaryl/α,β-unsaturated/α-hetero) is 1. The quantitative estimate of drug-likeness (QED) is 0.459. The maximum absolute atomic E-state index is 10.9. The number of hydrogen-bond donors (Lipinski definition) is 1. The van der Waals surface area contributed by atoms with Gasteiger partial charge in [0.25, 0.3) is 0 Å². The summed E-state index contributed by atoms with van der Waals surface area (Å²) in [5, 5.41) is 8.34. The van der Waals surface area contributed by atoms with Gasteiger partial charge in [-0.05, 0) is 0 Å². The van der Waals surface area contributed by atoms with Gasteiger partial charge >= 0.3 is 5.97 Å². The van der Waals surface area contributed by atoms with Crippen LogP contribution in [0.3, 0.4) is 0 Å². The van der Waals surface area contributed by atoms with Gasteiger partial charge < -0.3 is 9.84 Å². The lowest BCUT2D eigenvalue weighted by molar-refractivity contribution is -0.134. The summed E-state index contributed by atoms with van der Waals surface area (Å²) in [6.07, 6.45) is -0.480. The van der Waals surface area contributed by atoms with E-state index in [1.54, 1.807) is 0 Å². The van der Waals surface area contributed by atoms with Gasteiger partial charge in [-0.2, -0.15) is 0 Å². The van der Waals surface area contributed by atoms with E-state index in [2.05, 4.69) is 11.3 Å². The molecule has 0 aromatic heterocycles. The van der Waals surface area contributed by atoms with Gasteiger partial charge in [0.2, 0.25) is 0 Å². The van der Waals surface area contributed by atoms with Crippen molar-refractivity contribution in [1.82, 2.24) is 0 Å². The third-order valence-corrected chi connectivity index (χ3v) is 1.38. The van der Waals surface area contributed by atoms with Crippen molar-refractivity contribution in [1.29, 1.82) is 0 Å². The number of ketones is 1. The fraction of sp³-hybridized carbons (Fsp3) is 0.429. The highest BCUT2D eigenvalue weighted by molar-refractivity contribution is 5.96. The fourth-order valence-electron chi connectivity index (χ4n) is 0.634. The highest BCUT2D eigenvalue weighted by atomic mass is 16.6. The molecule has 0 saturated carbocycles. The second-order valence-electron chi connectivity index (χ2n) is 2.37. The molecule has 0 radical (unpaired) electrons. The molecule has 4 nitrogen and oxygen atoms in total. The second kappa shape index (κ2) is 2.84. The van der Waals surface area contributed by atoms with Crippen LogP contribution in [0.15, 0.2) is 12.2 Å². The van der Waals surface area contributed by atoms with E-state index in [1.807, 2.05) is 0 Å². The Labute approximate surface area is 63.5 Å². The molecular formula is C7H8O4. The lowest BCUT2D eigenvalue weighted by Crippen LogP contribution is -2.11. The van der Waals surface area contributed by atoms with E-state index >= 15 is 0 Å². The zero-order chi connectivity index (χ0) is 8.43. The number of carboxylic acids is 1. The maximum Gasteiger partial charge on any atom is 0.331 e. The van der Waals surface area contributed by atoms with E-state index in [1.165, 1.54) is 0 Å². The highest BCUT2D eigenvalue weighted by Crippen LogP contribution is 2.14. The second-order valence-corrected chi connectivity index (χ2v) is 2.37. The lowest BCUT2D eigenvalue weighted by Gasteiger charge is -1.95. The maximum atomic E-state index is 10.9. The number of rotatable bonds is 4. The van der Waals surface area contributed by atoms with E-state index in [-0.39, 0.29) is 23.9 Å². The Morgan fingerprint density at radius 3 is 2.55 bits per heavy atom. The summed E-state index contributed by atoms with van der Waals surface area (Å²) in [6.45, 7) is 3.65. The van der Waals surface area contributed by atoms with Crippen LogP contribution in [0.1, 0.15) is 6.42 Å². The van der Waals surface area contributed by atoms with Crippen LogP contribution in [0.2, 0.25) is 0 Å². The van der Waals surface area contributed by atoms with Crippen molar-refractivity contribution in [3.05, 3.63) is 12.2 Å². The third-order valence-electron chi connectivity index (χ3n) is 1.38. The molecule has 1 saturated heterocycles. The number of carbonyl (C=O) groups is 2. The molecule has 0 aliphatic carbocycles. The number of ether oxygens (including phenoxy) is 1. The summed E-state index contributed by atoms with van der Waals surface area (Å²) in [5.41, 5.74) is -0.0782. The van der Waals surface area contributed by atoms with Crippen molar-refractivity contribution in [3.8, 4) is 0 Å². The van der Waals surface area contributed by atoms with Gasteiger partial charge in [-0.25, -0.2) is 4.79 Å². The summed E-state index contributed by atoms with van der Waals surface area (Å²) in [5.74, 6) is -1.32. The first-order valence-corrected chi connectivity index (χ1v) is 3.16. The van der Waals surface area contributed by atoms with Crippen LogP contribution in [0.25, 0.3) is 0 Å². The van der Waals surface area contributed by atoms with E-state index in [0.717, 1.165) is 0 Å². The molecule has 0 aromatic rings. The van der Waals surface area contributed by atoms with Crippen molar-refractivity contribution < 1.29 is 19.4 Å². The third kappa shape index (κ3) is 2.16. The summed E-state index contributed by atoms with van der Waals surface area (Å²) in [6, 6.07) is 0. The summed E-state index contributed by atoms with van der Waals surface area (Å²) in [7, 11) is 0. The number of carboxylic acid groups (broad SMARTS) is 1. The highest BCUT2D eigenvalue weighted by Gasteiger charge is 2.31. The van der Waals surface area contributed by atoms with E-state index in [0.29, 0.717) is 6.61 Å². The normalized spacial score (nSPS) is 20.9. The van der Waals surface area contributed by atoms with Gasteiger partial charge in [-0.1, -0.05) is 6.58 Å². The molecule has 1 aliphatic heterocycles. The van der Waals surface area contributed by atoms with Crippen LogP contribution in [0, 0.1) is 0 Å². The zero-order valence-electron chi connectivity index (χ0n) is 5.87. The zero-order valence-corrected chi connectivity index (χ0v) is 5.87. The molecule has 0 amide bonds. The van der Waals surface area contributed by atoms with Gasteiger partial charge in [-0.15, -0.1) is 0 Å². The predicted octanol–water partition coefficient (Wildman–Crippen LogP) is -0.0148. The van der Waals surface area contributed by atoms with Crippen LogP contribution in [0.4, 0.5) is 0 Å². The molecule has 1 aliphatic rings. The standard InChI is InChI=1S/C7H8O4/c1-4(7(9)10)2-5(8)6-3-11-6/h6H,1-3H2,(H,9,10). The molecule has 1 atom stereocenters. The lowest BCUT2D eigenvalue weighted by atomic mass is 10.1. The molecule has 4 heteroatoms. The SMILES string of the molecule is C=C(CC(=O)C1CO1)C(=O)O. The molecule has 0 bridgehead atoms. The van der Waals surface area contributed by atoms with E-state index in [4.69, 9.17) is 5.11 Å². The predicted molar refractivity (Wildman–Crippen MR) is 36.1 cm³/mol. The first kappa shape index (κ1) is 7.94. The van der Waals surface area contributed by atoms with Gasteiger partial charge in [-0.3, -0.25) is 4.79 Å². The summed E-state index contributed by atoms with van der Waals surface area (Å²) >= 11 is 0. The summed E-state index contributed by atoms with van der Waals surface area (Å²) in [4.78, 5) is 21.1. The van der Waals surface area contributed by atoms with Gasteiger partial charge in [0.1, 0.15) is 6.10 Å². The largest absolute Gasteiger partial charge is 0.478 e. The Morgan fingerprint density at radius 2 is 2.18 bits per heavy atom. The number of carbonyl (C=O) groups excluding carboxylic acids is 1. The summed E-state index contributed by atoms with van der Waals surface area (Å²) < 4.78 is 4.67. The number of hydrogen-bond acceptors (Lipinski definition) is 3. The van der Waals surface area contributed by atoms with Crippen molar-refractivity contribution in [3.63, 3.8) is 0 Å². The molecule has 60 valence electrons. The van der Waals surface area contributed by atoms with Crippen molar-refractivity contribution in [2.45, 2.75) is 12.5 Å². The Hall–Kier alpha value is -1.16. The first-order valence-electron chi connectivity index (χ1n) is 3.16. The molecule has 0 aromatic carbocycles. The van der Waals surface area contributed by atoms with Crippen molar-refractivity contribution >= 4 is 11.8 Å². The minimum atomic E-state index is -1.13. The molecule has 1 rings (SSSR count). The smallest absolute Gasteiger partial charge is 0.331 e. The van der Waals surface area contributed by atoms with Crippen LogP contribution in [-0.4, -0.2) is 29.6 Å². The van der Waals surface area contributed by atoms with Gasteiger partial charge in [0, 0.05) is 12.0 Å². The molecular weight excluding hydrogens is 148 g/mol. The minimum absolute atomic E-state index is 0.0782. The number of epoxide rings is 1. The van der Waals surface area contributed by atoms with Crippen LogP contribution < -0.4 is 0 Å². The van der Waals surface area contributed by atoms with Crippen LogP contribution in [-0.2, 0) is 14.3 Å². The van der Waals surface area contributed by atoms with Crippen LogP contribution >= 0.6 is 0 Å². The van der Waals surface area contributed by atoms with Gasteiger partial charge in [0.15, 0.2) is 5.78 Å². The molecule has 1 unspecified atom stereocenters. The first-order chi connectivity index (χ1) is 5.11. The Kier molecular flexibility index (Phi) is 2.05. The average molecular weight is 156 g/mol. The number of aliphatic carboxylic acids is 1. The molecule has 1 fully saturated rings. The topological polar surface area (TPSA) is 66.9 Å².